The molecule has 0 spiro atoms. The molecule has 1 heterocycles. The van der Waals surface area contributed by atoms with E-state index in [1.807, 2.05) is 34.9 Å². The van der Waals surface area contributed by atoms with Crippen molar-refractivity contribution in [2.24, 2.45) is 11.1 Å². The van der Waals surface area contributed by atoms with Crippen molar-refractivity contribution in [3.8, 4) is 11.3 Å². The van der Waals surface area contributed by atoms with Gasteiger partial charge in [-0.25, -0.2) is 13.8 Å². The summed E-state index contributed by atoms with van der Waals surface area (Å²) >= 11 is 0. The van der Waals surface area contributed by atoms with Crippen LogP contribution in [0.1, 0.15) is 31.7 Å². The summed E-state index contributed by atoms with van der Waals surface area (Å²) in [5.74, 6) is -0.759. The zero-order chi connectivity index (χ0) is 22.4. The number of hydrogen-bond acceptors (Lipinski definition) is 3. The molecule has 0 atom stereocenters. The molecule has 0 saturated heterocycles. The Bertz CT molecular complexity index is 1030. The second-order valence-electron chi connectivity index (χ2n) is 7.99. The van der Waals surface area contributed by atoms with Crippen LogP contribution in [0.2, 0.25) is 0 Å². The minimum absolute atomic E-state index is 0.0756. The van der Waals surface area contributed by atoms with E-state index < -0.39 is 17.0 Å². The monoisotopic (exact) mass is 425 g/mol. The van der Waals surface area contributed by atoms with E-state index in [1.54, 1.807) is 26.5 Å². The summed E-state index contributed by atoms with van der Waals surface area (Å²) in [6.45, 7) is 5.03. The highest BCUT2D eigenvalue weighted by Gasteiger charge is 2.30. The number of nitrogens with two attached hydrogens (primary N) is 1. The Morgan fingerprint density at radius 3 is 2.65 bits per heavy atom. The van der Waals surface area contributed by atoms with Crippen molar-refractivity contribution in [2.75, 3.05) is 13.1 Å². The van der Waals surface area contributed by atoms with E-state index in [0.29, 0.717) is 37.6 Å². The van der Waals surface area contributed by atoms with Gasteiger partial charge in [-0.3, -0.25) is 4.79 Å². The van der Waals surface area contributed by atoms with E-state index in [4.69, 9.17) is 5.73 Å². The van der Waals surface area contributed by atoms with E-state index in [1.165, 1.54) is 0 Å². The standard InChI is InChI=1S/C24H27F2N4O/c1-24(2,23(31)28-12-6-11-27)14-22-29-21(19-13-18(25)9-10-20(19)26)16-30(22)15-17-7-4-3-5-8-17/h3-5,7-10,13-14,16H,6,11-12,15,27H2,1-2H3,(H,28,31). The third-order valence-electron chi connectivity index (χ3n) is 4.95. The fourth-order valence-corrected chi connectivity index (χ4v) is 3.20. The lowest BCUT2D eigenvalue weighted by atomic mass is 9.87. The molecule has 31 heavy (non-hydrogen) atoms. The number of imidazole rings is 1. The quantitative estimate of drug-likeness (QED) is 0.511. The second-order valence-corrected chi connectivity index (χ2v) is 7.99. The van der Waals surface area contributed by atoms with E-state index in [-0.39, 0.29) is 11.5 Å². The van der Waals surface area contributed by atoms with Crippen LogP contribution >= 0.6 is 0 Å². The predicted molar refractivity (Wildman–Crippen MR) is 117 cm³/mol. The number of carbonyl (C=O) groups is 1. The van der Waals surface area contributed by atoms with Gasteiger partial charge in [0.05, 0.1) is 11.1 Å². The van der Waals surface area contributed by atoms with Gasteiger partial charge < -0.3 is 15.6 Å². The molecule has 1 radical (unpaired) electrons. The van der Waals surface area contributed by atoms with Crippen molar-refractivity contribution in [1.29, 1.82) is 0 Å². The SMILES string of the molecule is CC(C)([CH]c1nc(-c2cc(F)ccc2F)cn1Cc1ccccc1)C(=O)NCCCN. The Kier molecular flexibility index (Phi) is 7.17. The van der Waals surface area contributed by atoms with E-state index >= 15 is 0 Å². The molecule has 7 heteroatoms. The van der Waals surface area contributed by atoms with Gasteiger partial charge in [0.2, 0.25) is 5.91 Å². The Morgan fingerprint density at radius 1 is 1.19 bits per heavy atom. The molecule has 1 aromatic heterocycles. The van der Waals surface area contributed by atoms with Gasteiger partial charge in [0.25, 0.3) is 0 Å². The topological polar surface area (TPSA) is 72.9 Å². The van der Waals surface area contributed by atoms with Crippen LogP contribution in [0.15, 0.2) is 54.7 Å². The van der Waals surface area contributed by atoms with E-state index in [0.717, 1.165) is 23.8 Å². The van der Waals surface area contributed by atoms with Gasteiger partial charge in [-0.15, -0.1) is 0 Å². The summed E-state index contributed by atoms with van der Waals surface area (Å²) in [6, 6.07) is 13.0. The van der Waals surface area contributed by atoms with Crippen molar-refractivity contribution in [2.45, 2.75) is 26.8 Å². The zero-order valence-electron chi connectivity index (χ0n) is 17.7. The summed E-state index contributed by atoms with van der Waals surface area (Å²) in [4.78, 5) is 17.2. The molecule has 0 aliphatic carbocycles. The predicted octanol–water partition coefficient (Wildman–Crippen LogP) is 3.92. The maximum atomic E-state index is 14.4. The van der Waals surface area contributed by atoms with Gasteiger partial charge in [-0.05, 0) is 36.7 Å². The van der Waals surface area contributed by atoms with Gasteiger partial charge in [-0.1, -0.05) is 44.2 Å². The molecule has 1 amide bonds. The molecular weight excluding hydrogens is 398 g/mol. The largest absolute Gasteiger partial charge is 0.356 e. The third kappa shape index (κ3) is 5.76. The number of amides is 1. The molecule has 0 saturated carbocycles. The lowest BCUT2D eigenvalue weighted by molar-refractivity contribution is -0.127. The molecule has 163 valence electrons. The fraction of sp³-hybridized carbons (Fsp3) is 0.292. The number of aromatic nitrogens is 2. The normalized spacial score (nSPS) is 11.5. The molecule has 3 rings (SSSR count). The minimum Gasteiger partial charge on any atom is -0.356 e. The van der Waals surface area contributed by atoms with Crippen LogP contribution in [-0.4, -0.2) is 28.5 Å². The number of benzene rings is 2. The lowest BCUT2D eigenvalue weighted by Crippen LogP contribution is -2.38. The smallest absolute Gasteiger partial charge is 0.226 e. The first kappa shape index (κ1) is 22.6. The number of carbonyl (C=O) groups excluding carboxylic acids is 1. The van der Waals surface area contributed by atoms with Crippen LogP contribution in [0.5, 0.6) is 0 Å². The maximum absolute atomic E-state index is 14.4. The van der Waals surface area contributed by atoms with Gasteiger partial charge in [0.1, 0.15) is 17.5 Å². The Labute approximate surface area is 181 Å². The molecule has 0 fully saturated rings. The van der Waals surface area contributed by atoms with Gasteiger partial charge >= 0.3 is 0 Å². The third-order valence-corrected chi connectivity index (χ3v) is 4.95. The number of nitrogens with one attached hydrogen (secondary N) is 1. The molecular formula is C24H27F2N4O. The average molecular weight is 426 g/mol. The van der Waals surface area contributed by atoms with Gasteiger partial charge in [0, 0.05) is 31.3 Å². The molecule has 0 unspecified atom stereocenters. The molecule has 3 N–H and O–H groups in total. The van der Waals surface area contributed by atoms with Crippen LogP contribution in [0.25, 0.3) is 11.3 Å². The van der Waals surface area contributed by atoms with E-state index in [2.05, 4.69) is 10.3 Å². The summed E-state index contributed by atoms with van der Waals surface area (Å²) in [5.41, 5.74) is 6.02. The molecule has 0 bridgehead atoms. The number of halogens is 2. The molecule has 0 aliphatic rings. The van der Waals surface area contributed by atoms with Crippen molar-refractivity contribution >= 4 is 5.91 Å². The summed E-state index contributed by atoms with van der Waals surface area (Å²) in [7, 11) is 0. The number of hydrogen-bond donors (Lipinski definition) is 2. The summed E-state index contributed by atoms with van der Waals surface area (Å²) in [6.07, 6.45) is 4.11. The maximum Gasteiger partial charge on any atom is 0.226 e. The van der Waals surface area contributed by atoms with Crippen molar-refractivity contribution in [3.05, 3.63) is 84.2 Å². The van der Waals surface area contributed by atoms with Crippen LogP contribution in [0.3, 0.4) is 0 Å². The highest BCUT2D eigenvalue weighted by molar-refractivity contribution is 5.83. The van der Waals surface area contributed by atoms with Gasteiger partial charge in [0.15, 0.2) is 0 Å². The van der Waals surface area contributed by atoms with Gasteiger partial charge in [-0.2, -0.15) is 0 Å². The van der Waals surface area contributed by atoms with Crippen molar-refractivity contribution in [1.82, 2.24) is 14.9 Å². The first-order chi connectivity index (χ1) is 14.8. The Balaban J connectivity index is 1.94. The fourth-order valence-electron chi connectivity index (χ4n) is 3.20. The Morgan fingerprint density at radius 2 is 1.94 bits per heavy atom. The number of nitrogens with zero attached hydrogens (tertiary/aromatic N) is 2. The molecule has 5 nitrogen and oxygen atoms in total. The van der Waals surface area contributed by atoms with Crippen LogP contribution in [0, 0.1) is 23.5 Å². The van der Waals surface area contributed by atoms with Crippen LogP contribution in [0.4, 0.5) is 8.78 Å². The first-order valence-electron chi connectivity index (χ1n) is 10.2. The van der Waals surface area contributed by atoms with Crippen molar-refractivity contribution < 1.29 is 13.6 Å². The van der Waals surface area contributed by atoms with Crippen molar-refractivity contribution in [3.63, 3.8) is 0 Å². The average Bonchev–Trinajstić information content (AvgIpc) is 3.12. The summed E-state index contributed by atoms with van der Waals surface area (Å²) in [5, 5.41) is 2.87. The lowest BCUT2D eigenvalue weighted by Gasteiger charge is -2.23. The first-order valence-corrected chi connectivity index (χ1v) is 10.2. The molecule has 3 aromatic rings. The highest BCUT2D eigenvalue weighted by Crippen LogP contribution is 2.29. The van der Waals surface area contributed by atoms with Crippen LogP contribution < -0.4 is 11.1 Å². The second kappa shape index (κ2) is 9.83. The Hall–Kier alpha value is -3.06. The molecule has 0 aliphatic heterocycles. The summed E-state index contributed by atoms with van der Waals surface area (Å²) < 4.78 is 29.9. The minimum atomic E-state index is -0.869. The highest BCUT2D eigenvalue weighted by atomic mass is 19.1. The van der Waals surface area contributed by atoms with E-state index in [9.17, 15) is 13.6 Å². The molecule has 2 aromatic carbocycles. The number of rotatable bonds is 9. The van der Waals surface area contributed by atoms with Crippen LogP contribution in [-0.2, 0) is 11.3 Å². The zero-order valence-corrected chi connectivity index (χ0v) is 17.7.